The molecule has 1 amide bonds. The molecule has 0 fully saturated rings. The SMILES string of the molecule is Cc1nccc(CNC(=O)c2ccc(CNS(=O)(=O)c3ccc(C(C)(C)C)cc3)cc2)n1. The first-order chi connectivity index (χ1) is 15.0. The molecule has 1 heterocycles. The standard InChI is InChI=1S/C24H28N4O3S/c1-17-25-14-13-21(28-17)16-26-23(29)19-7-5-18(6-8-19)15-27-32(30,31)22-11-9-20(10-12-22)24(2,3)4/h5-14,27H,15-16H2,1-4H3,(H,26,29). The summed E-state index contributed by atoms with van der Waals surface area (Å²) in [4.78, 5) is 20.9. The van der Waals surface area contributed by atoms with Crippen LogP contribution in [0.2, 0.25) is 0 Å². The minimum absolute atomic E-state index is 0.0441. The summed E-state index contributed by atoms with van der Waals surface area (Å²) < 4.78 is 27.8. The molecule has 0 spiro atoms. The summed E-state index contributed by atoms with van der Waals surface area (Å²) in [7, 11) is -3.63. The molecule has 2 aromatic carbocycles. The van der Waals surface area contributed by atoms with E-state index >= 15 is 0 Å². The summed E-state index contributed by atoms with van der Waals surface area (Å²) in [5, 5.41) is 2.81. The van der Waals surface area contributed by atoms with Crippen molar-refractivity contribution < 1.29 is 13.2 Å². The van der Waals surface area contributed by atoms with Crippen LogP contribution in [0.25, 0.3) is 0 Å². The molecular weight excluding hydrogens is 424 g/mol. The van der Waals surface area contributed by atoms with E-state index in [4.69, 9.17) is 0 Å². The van der Waals surface area contributed by atoms with Gasteiger partial charge in [-0.05, 0) is 53.8 Å². The Bertz CT molecular complexity index is 1180. The lowest BCUT2D eigenvalue weighted by Gasteiger charge is -2.19. The van der Waals surface area contributed by atoms with Crippen LogP contribution < -0.4 is 10.0 Å². The van der Waals surface area contributed by atoms with Gasteiger partial charge in [0.25, 0.3) is 5.91 Å². The maximum atomic E-state index is 12.6. The van der Waals surface area contributed by atoms with Crippen LogP contribution in [0, 0.1) is 6.92 Å². The number of aromatic nitrogens is 2. The Kier molecular flexibility index (Phi) is 7.06. The third kappa shape index (κ3) is 6.21. The van der Waals surface area contributed by atoms with E-state index in [-0.39, 0.29) is 22.8 Å². The number of amides is 1. The van der Waals surface area contributed by atoms with Gasteiger partial charge in [-0.2, -0.15) is 0 Å². The number of carbonyl (C=O) groups excluding carboxylic acids is 1. The van der Waals surface area contributed by atoms with E-state index in [1.807, 2.05) is 12.1 Å². The highest BCUT2D eigenvalue weighted by Gasteiger charge is 2.17. The number of rotatable bonds is 7. The molecule has 0 aliphatic rings. The van der Waals surface area contributed by atoms with Gasteiger partial charge < -0.3 is 5.32 Å². The first-order valence-electron chi connectivity index (χ1n) is 10.3. The fourth-order valence-corrected chi connectivity index (χ4v) is 4.06. The Morgan fingerprint density at radius 1 is 0.938 bits per heavy atom. The van der Waals surface area contributed by atoms with Crippen LogP contribution in [0.4, 0.5) is 0 Å². The fourth-order valence-electron chi connectivity index (χ4n) is 3.05. The molecule has 2 N–H and O–H groups in total. The second-order valence-corrected chi connectivity index (χ2v) is 10.3. The minimum Gasteiger partial charge on any atom is -0.346 e. The van der Waals surface area contributed by atoms with Crippen LogP contribution >= 0.6 is 0 Å². The second-order valence-electron chi connectivity index (χ2n) is 8.57. The molecule has 0 radical (unpaired) electrons. The lowest BCUT2D eigenvalue weighted by molar-refractivity contribution is 0.0950. The van der Waals surface area contributed by atoms with Crippen molar-refractivity contribution in [2.75, 3.05) is 0 Å². The number of carbonyl (C=O) groups is 1. The Balaban J connectivity index is 1.57. The minimum atomic E-state index is -3.63. The van der Waals surface area contributed by atoms with Crippen molar-refractivity contribution in [3.05, 3.63) is 89.0 Å². The number of hydrogen-bond donors (Lipinski definition) is 2. The Morgan fingerprint density at radius 3 is 2.19 bits per heavy atom. The van der Waals surface area contributed by atoms with Crippen molar-refractivity contribution in [3.8, 4) is 0 Å². The quantitative estimate of drug-likeness (QED) is 0.571. The first kappa shape index (κ1) is 23.6. The zero-order chi connectivity index (χ0) is 23.4. The van der Waals surface area contributed by atoms with E-state index in [9.17, 15) is 13.2 Å². The van der Waals surface area contributed by atoms with Crippen molar-refractivity contribution in [1.82, 2.24) is 20.0 Å². The number of hydrogen-bond acceptors (Lipinski definition) is 5. The van der Waals surface area contributed by atoms with Crippen LogP contribution in [0.3, 0.4) is 0 Å². The van der Waals surface area contributed by atoms with Gasteiger partial charge >= 0.3 is 0 Å². The van der Waals surface area contributed by atoms with Gasteiger partial charge in [0.05, 0.1) is 17.1 Å². The van der Waals surface area contributed by atoms with Crippen LogP contribution in [0.5, 0.6) is 0 Å². The zero-order valence-corrected chi connectivity index (χ0v) is 19.5. The Labute approximate surface area is 189 Å². The van der Waals surface area contributed by atoms with Gasteiger partial charge in [0, 0.05) is 18.3 Å². The van der Waals surface area contributed by atoms with Crippen molar-refractivity contribution >= 4 is 15.9 Å². The highest BCUT2D eigenvalue weighted by molar-refractivity contribution is 7.89. The molecular formula is C24H28N4O3S. The lowest BCUT2D eigenvalue weighted by Crippen LogP contribution is -2.24. The highest BCUT2D eigenvalue weighted by atomic mass is 32.2. The topological polar surface area (TPSA) is 101 Å². The Morgan fingerprint density at radius 2 is 1.59 bits per heavy atom. The first-order valence-corrected chi connectivity index (χ1v) is 11.8. The molecule has 7 nitrogen and oxygen atoms in total. The molecule has 1 aromatic heterocycles. The van der Waals surface area contributed by atoms with E-state index in [2.05, 4.69) is 40.8 Å². The second kappa shape index (κ2) is 9.58. The predicted molar refractivity (Wildman–Crippen MR) is 124 cm³/mol. The van der Waals surface area contributed by atoms with Crippen molar-refractivity contribution in [2.45, 2.75) is 51.1 Å². The van der Waals surface area contributed by atoms with Crippen molar-refractivity contribution in [3.63, 3.8) is 0 Å². The van der Waals surface area contributed by atoms with Gasteiger partial charge in [0.2, 0.25) is 10.0 Å². The van der Waals surface area contributed by atoms with Crippen LogP contribution in [-0.2, 0) is 28.5 Å². The average molecular weight is 453 g/mol. The van der Waals surface area contributed by atoms with Gasteiger partial charge in [0.1, 0.15) is 5.82 Å². The number of sulfonamides is 1. The summed E-state index contributed by atoms with van der Waals surface area (Å²) in [6.45, 7) is 8.46. The number of benzene rings is 2. The van der Waals surface area contributed by atoms with Crippen molar-refractivity contribution in [2.24, 2.45) is 0 Å². The summed E-state index contributed by atoms with van der Waals surface area (Å²) in [5.74, 6) is 0.418. The van der Waals surface area contributed by atoms with E-state index < -0.39 is 10.0 Å². The van der Waals surface area contributed by atoms with Gasteiger partial charge in [-0.3, -0.25) is 4.79 Å². The van der Waals surface area contributed by atoms with Gasteiger partial charge in [-0.25, -0.2) is 23.1 Å². The maximum absolute atomic E-state index is 12.6. The maximum Gasteiger partial charge on any atom is 0.251 e. The number of aryl methyl sites for hydroxylation is 1. The van der Waals surface area contributed by atoms with E-state index in [1.54, 1.807) is 55.6 Å². The largest absolute Gasteiger partial charge is 0.346 e. The highest BCUT2D eigenvalue weighted by Crippen LogP contribution is 2.23. The molecule has 8 heteroatoms. The monoisotopic (exact) mass is 452 g/mol. The van der Waals surface area contributed by atoms with Crippen LogP contribution in [-0.4, -0.2) is 24.3 Å². The molecule has 168 valence electrons. The molecule has 3 rings (SSSR count). The van der Waals surface area contributed by atoms with E-state index in [1.165, 1.54) is 0 Å². The molecule has 0 atom stereocenters. The van der Waals surface area contributed by atoms with E-state index in [0.717, 1.165) is 16.8 Å². The summed E-state index contributed by atoms with van der Waals surface area (Å²) in [6, 6.07) is 15.5. The molecule has 0 unspecified atom stereocenters. The summed E-state index contributed by atoms with van der Waals surface area (Å²) >= 11 is 0. The molecule has 0 aliphatic carbocycles. The Hall–Kier alpha value is -3.10. The van der Waals surface area contributed by atoms with Crippen LogP contribution in [0.15, 0.2) is 65.7 Å². The molecule has 32 heavy (non-hydrogen) atoms. The third-order valence-corrected chi connectivity index (χ3v) is 6.39. The number of nitrogens with one attached hydrogen (secondary N) is 2. The zero-order valence-electron chi connectivity index (χ0n) is 18.7. The molecule has 0 bridgehead atoms. The van der Waals surface area contributed by atoms with Gasteiger partial charge in [-0.1, -0.05) is 45.0 Å². The molecule has 3 aromatic rings. The van der Waals surface area contributed by atoms with E-state index in [0.29, 0.717) is 17.9 Å². The van der Waals surface area contributed by atoms with Gasteiger partial charge in [0.15, 0.2) is 0 Å². The molecule has 0 saturated heterocycles. The predicted octanol–water partition coefficient (Wildman–Crippen LogP) is 3.49. The fraction of sp³-hybridized carbons (Fsp3) is 0.292. The van der Waals surface area contributed by atoms with Gasteiger partial charge in [-0.15, -0.1) is 0 Å². The average Bonchev–Trinajstić information content (AvgIpc) is 2.76. The lowest BCUT2D eigenvalue weighted by atomic mass is 9.87. The summed E-state index contributed by atoms with van der Waals surface area (Å²) in [6.07, 6.45) is 1.65. The third-order valence-electron chi connectivity index (χ3n) is 4.98. The van der Waals surface area contributed by atoms with Crippen LogP contribution in [0.1, 0.15) is 53.8 Å². The number of nitrogens with zero attached hydrogens (tertiary/aromatic N) is 2. The smallest absolute Gasteiger partial charge is 0.251 e. The summed E-state index contributed by atoms with van der Waals surface area (Å²) in [5.41, 5.74) is 2.99. The molecule has 0 aliphatic heterocycles. The van der Waals surface area contributed by atoms with Crippen molar-refractivity contribution in [1.29, 1.82) is 0 Å². The molecule has 0 saturated carbocycles. The normalized spacial score (nSPS) is 11.9.